The highest BCUT2D eigenvalue weighted by Gasteiger charge is 2.04. The molecule has 0 heterocycles. The zero-order valence-electron chi connectivity index (χ0n) is 10.1. The van der Waals surface area contributed by atoms with Crippen molar-refractivity contribution in [3.8, 4) is 0 Å². The minimum atomic E-state index is -0.196. The Morgan fingerprint density at radius 2 is 1.65 bits per heavy atom. The number of para-hydroxylation sites is 1. The highest BCUT2D eigenvalue weighted by atomic mass is 19.1. The van der Waals surface area contributed by atoms with E-state index in [9.17, 15) is 4.39 Å². The van der Waals surface area contributed by atoms with Crippen LogP contribution < -0.4 is 5.32 Å². The second-order valence-corrected chi connectivity index (χ2v) is 4.21. The van der Waals surface area contributed by atoms with Crippen molar-refractivity contribution in [3.63, 3.8) is 0 Å². The fourth-order valence-corrected chi connectivity index (χ4v) is 1.85. The smallest absolute Gasteiger partial charge is 0.146 e. The van der Waals surface area contributed by atoms with E-state index in [1.54, 1.807) is 6.07 Å². The molecule has 2 heteroatoms. The van der Waals surface area contributed by atoms with Gasteiger partial charge in [-0.05, 0) is 36.6 Å². The van der Waals surface area contributed by atoms with Crippen LogP contribution in [0.15, 0.2) is 42.5 Å². The molecule has 0 fully saturated rings. The second kappa shape index (κ2) is 5.00. The summed E-state index contributed by atoms with van der Waals surface area (Å²) < 4.78 is 13.6. The summed E-state index contributed by atoms with van der Waals surface area (Å²) in [6.45, 7) is 4.61. The van der Waals surface area contributed by atoms with Gasteiger partial charge in [-0.2, -0.15) is 0 Å². The van der Waals surface area contributed by atoms with Crippen molar-refractivity contribution in [2.45, 2.75) is 20.4 Å². The third-order valence-corrected chi connectivity index (χ3v) is 2.94. The highest BCUT2D eigenvalue weighted by molar-refractivity contribution is 5.52. The second-order valence-electron chi connectivity index (χ2n) is 4.21. The van der Waals surface area contributed by atoms with E-state index in [0.29, 0.717) is 12.2 Å². The van der Waals surface area contributed by atoms with E-state index in [2.05, 4.69) is 24.4 Å². The maximum Gasteiger partial charge on any atom is 0.146 e. The van der Waals surface area contributed by atoms with E-state index in [0.717, 1.165) is 5.56 Å². The topological polar surface area (TPSA) is 12.0 Å². The summed E-state index contributed by atoms with van der Waals surface area (Å²) in [5.74, 6) is -0.196. The summed E-state index contributed by atoms with van der Waals surface area (Å²) in [4.78, 5) is 0. The number of halogens is 1. The number of anilines is 1. The highest BCUT2D eigenvalue weighted by Crippen LogP contribution is 2.20. The number of nitrogens with one attached hydrogen (secondary N) is 1. The fourth-order valence-electron chi connectivity index (χ4n) is 1.85. The fraction of sp³-hybridized carbons (Fsp3) is 0.200. The molecule has 0 aliphatic rings. The summed E-state index contributed by atoms with van der Waals surface area (Å²) in [6, 6.07) is 13.2. The lowest BCUT2D eigenvalue weighted by Crippen LogP contribution is -2.04. The van der Waals surface area contributed by atoms with Crippen molar-refractivity contribution in [2.24, 2.45) is 0 Å². The molecule has 0 aromatic heterocycles. The maximum absolute atomic E-state index is 13.6. The van der Waals surface area contributed by atoms with E-state index in [1.807, 2.05) is 25.1 Å². The Labute approximate surface area is 101 Å². The van der Waals surface area contributed by atoms with Crippen molar-refractivity contribution in [2.75, 3.05) is 5.32 Å². The zero-order valence-corrected chi connectivity index (χ0v) is 10.1. The van der Waals surface area contributed by atoms with E-state index in [1.165, 1.54) is 17.2 Å². The normalized spacial score (nSPS) is 10.3. The molecule has 0 amide bonds. The van der Waals surface area contributed by atoms with Crippen molar-refractivity contribution < 1.29 is 4.39 Å². The van der Waals surface area contributed by atoms with Crippen LogP contribution in [0.5, 0.6) is 0 Å². The number of rotatable bonds is 3. The average molecular weight is 229 g/mol. The van der Waals surface area contributed by atoms with Crippen molar-refractivity contribution in [1.29, 1.82) is 0 Å². The van der Waals surface area contributed by atoms with Gasteiger partial charge in [0.15, 0.2) is 0 Å². The Morgan fingerprint density at radius 3 is 2.35 bits per heavy atom. The predicted molar refractivity (Wildman–Crippen MR) is 69.6 cm³/mol. The lowest BCUT2D eigenvalue weighted by atomic mass is 10.1. The Hall–Kier alpha value is -1.83. The molecular weight excluding hydrogens is 213 g/mol. The number of hydrogen-bond donors (Lipinski definition) is 1. The van der Waals surface area contributed by atoms with Crippen molar-refractivity contribution in [3.05, 3.63) is 65.0 Å². The van der Waals surface area contributed by atoms with Crippen LogP contribution in [0.25, 0.3) is 0 Å². The lowest BCUT2D eigenvalue weighted by molar-refractivity contribution is 0.629. The molecule has 0 unspecified atom stereocenters. The number of hydrogen-bond acceptors (Lipinski definition) is 1. The van der Waals surface area contributed by atoms with Gasteiger partial charge in [0, 0.05) is 6.54 Å². The third kappa shape index (κ3) is 2.64. The van der Waals surface area contributed by atoms with Gasteiger partial charge < -0.3 is 5.32 Å². The summed E-state index contributed by atoms with van der Waals surface area (Å²) >= 11 is 0. The van der Waals surface area contributed by atoms with Crippen LogP contribution in [-0.4, -0.2) is 0 Å². The maximum atomic E-state index is 13.6. The molecule has 0 atom stereocenters. The molecule has 0 spiro atoms. The quantitative estimate of drug-likeness (QED) is 0.837. The number of aryl methyl sites for hydroxylation is 2. The van der Waals surface area contributed by atoms with Gasteiger partial charge in [-0.15, -0.1) is 0 Å². The van der Waals surface area contributed by atoms with Crippen LogP contribution in [0.1, 0.15) is 16.7 Å². The molecule has 1 N–H and O–H groups in total. The average Bonchev–Trinajstić information content (AvgIpc) is 2.30. The molecule has 2 aromatic carbocycles. The zero-order chi connectivity index (χ0) is 12.3. The van der Waals surface area contributed by atoms with Gasteiger partial charge in [0.05, 0.1) is 5.69 Å². The van der Waals surface area contributed by atoms with Crippen LogP contribution >= 0.6 is 0 Å². The van der Waals surface area contributed by atoms with Gasteiger partial charge in [-0.25, -0.2) is 4.39 Å². The van der Waals surface area contributed by atoms with Crippen molar-refractivity contribution >= 4 is 5.69 Å². The standard InChI is InChI=1S/C15H16FN/c1-11-6-3-4-8-13(11)10-17-15-12(2)7-5-9-14(15)16/h3-9,17H,10H2,1-2H3. The molecule has 0 saturated heterocycles. The van der Waals surface area contributed by atoms with E-state index >= 15 is 0 Å². The van der Waals surface area contributed by atoms with E-state index in [-0.39, 0.29) is 5.82 Å². The summed E-state index contributed by atoms with van der Waals surface area (Å²) in [5, 5.41) is 3.16. The van der Waals surface area contributed by atoms with E-state index in [4.69, 9.17) is 0 Å². The first-order chi connectivity index (χ1) is 8.18. The Kier molecular flexibility index (Phi) is 3.43. The van der Waals surface area contributed by atoms with Crippen LogP contribution in [0, 0.1) is 19.7 Å². The van der Waals surface area contributed by atoms with Gasteiger partial charge >= 0.3 is 0 Å². The first-order valence-corrected chi connectivity index (χ1v) is 5.72. The summed E-state index contributed by atoms with van der Waals surface area (Å²) in [7, 11) is 0. The molecule has 0 radical (unpaired) electrons. The number of benzene rings is 2. The lowest BCUT2D eigenvalue weighted by Gasteiger charge is -2.12. The minimum absolute atomic E-state index is 0.196. The molecule has 0 saturated carbocycles. The molecule has 2 aromatic rings. The molecule has 0 bridgehead atoms. The largest absolute Gasteiger partial charge is 0.378 e. The van der Waals surface area contributed by atoms with Crippen LogP contribution in [0.4, 0.5) is 10.1 Å². The molecule has 0 aliphatic heterocycles. The summed E-state index contributed by atoms with van der Waals surface area (Å²) in [5.41, 5.74) is 3.93. The minimum Gasteiger partial charge on any atom is -0.378 e. The van der Waals surface area contributed by atoms with Crippen LogP contribution in [0.2, 0.25) is 0 Å². The Morgan fingerprint density at radius 1 is 0.941 bits per heavy atom. The molecule has 17 heavy (non-hydrogen) atoms. The van der Waals surface area contributed by atoms with Gasteiger partial charge in [0.1, 0.15) is 5.82 Å². The monoisotopic (exact) mass is 229 g/mol. The molecule has 1 nitrogen and oxygen atoms in total. The van der Waals surface area contributed by atoms with Crippen LogP contribution in [0.3, 0.4) is 0 Å². The SMILES string of the molecule is Cc1ccccc1CNc1c(C)cccc1F. The van der Waals surface area contributed by atoms with Gasteiger partial charge in [-0.3, -0.25) is 0 Å². The third-order valence-electron chi connectivity index (χ3n) is 2.94. The first kappa shape index (κ1) is 11.6. The Bertz CT molecular complexity index is 500. The predicted octanol–water partition coefficient (Wildman–Crippen LogP) is 4.05. The van der Waals surface area contributed by atoms with E-state index < -0.39 is 0 Å². The molecule has 88 valence electrons. The van der Waals surface area contributed by atoms with Crippen LogP contribution in [-0.2, 0) is 6.54 Å². The first-order valence-electron chi connectivity index (χ1n) is 5.72. The molecule has 0 aliphatic carbocycles. The van der Waals surface area contributed by atoms with Gasteiger partial charge in [-0.1, -0.05) is 36.4 Å². The summed E-state index contributed by atoms with van der Waals surface area (Å²) in [6.07, 6.45) is 0. The van der Waals surface area contributed by atoms with Crippen molar-refractivity contribution in [1.82, 2.24) is 0 Å². The molecular formula is C15H16FN. The van der Waals surface area contributed by atoms with Gasteiger partial charge in [0.2, 0.25) is 0 Å². The Balaban J connectivity index is 2.16. The molecule has 2 rings (SSSR count). The van der Waals surface area contributed by atoms with Gasteiger partial charge in [0.25, 0.3) is 0 Å².